The first-order valence-electron chi connectivity index (χ1n) is 6.69. The number of aliphatic imine (C=N–C) groups is 1. The van der Waals surface area contributed by atoms with Crippen LogP contribution in [0.25, 0.3) is 0 Å². The molecule has 5 nitrogen and oxygen atoms in total. The van der Waals surface area contributed by atoms with Gasteiger partial charge in [0, 0.05) is 12.7 Å². The number of nitrogens with two attached hydrogens (primary N) is 1. The fourth-order valence-corrected chi connectivity index (χ4v) is 1.24. The number of nitrogens with zero attached hydrogens (tertiary/aromatic N) is 1. The van der Waals surface area contributed by atoms with Crippen LogP contribution in [0.3, 0.4) is 0 Å². The van der Waals surface area contributed by atoms with Gasteiger partial charge in [0.1, 0.15) is 5.60 Å². The average Bonchev–Trinajstić information content (AvgIpc) is 2.21. The number of hydrogen-bond acceptors (Lipinski definition) is 4. The minimum atomic E-state index is -4.74. The van der Waals surface area contributed by atoms with Gasteiger partial charge >= 0.3 is 12.3 Å². The summed E-state index contributed by atoms with van der Waals surface area (Å²) in [7, 11) is 0. The van der Waals surface area contributed by atoms with Crippen LogP contribution >= 0.6 is 0 Å². The normalized spacial score (nSPS) is 14.8. The van der Waals surface area contributed by atoms with Gasteiger partial charge in [-0.3, -0.25) is 10.3 Å². The molecule has 0 unspecified atom stereocenters. The lowest BCUT2D eigenvalue weighted by atomic mass is 9.97. The summed E-state index contributed by atoms with van der Waals surface area (Å²) in [4.78, 5) is 15.2. The predicted molar refractivity (Wildman–Crippen MR) is 79.5 cm³/mol. The molecule has 0 aliphatic carbocycles. The summed E-state index contributed by atoms with van der Waals surface area (Å²) in [6, 6.07) is 0. The van der Waals surface area contributed by atoms with Crippen molar-refractivity contribution >= 4 is 11.8 Å². The maximum Gasteiger partial charge on any atom is 0.435 e. The Labute approximate surface area is 128 Å². The quantitative estimate of drug-likeness (QED) is 0.782. The van der Waals surface area contributed by atoms with Gasteiger partial charge in [0.05, 0.1) is 5.70 Å². The molecule has 0 saturated heterocycles. The van der Waals surface area contributed by atoms with Crippen molar-refractivity contribution in [3.8, 4) is 0 Å². The van der Waals surface area contributed by atoms with Crippen LogP contribution in [0.15, 0.2) is 16.9 Å². The van der Waals surface area contributed by atoms with Gasteiger partial charge in [-0.05, 0) is 26.2 Å². The highest BCUT2D eigenvalue weighted by molar-refractivity contribution is 6.05. The highest BCUT2D eigenvalue weighted by atomic mass is 19.4. The number of carbonyl (C=O) groups excluding carboxylic acids is 1. The molecule has 0 aromatic heterocycles. The monoisotopic (exact) mass is 323 g/mol. The van der Waals surface area contributed by atoms with Crippen molar-refractivity contribution in [1.29, 1.82) is 0 Å². The van der Waals surface area contributed by atoms with E-state index in [1.807, 2.05) is 5.32 Å². The summed E-state index contributed by atoms with van der Waals surface area (Å²) in [6.45, 7) is 9.95. The Morgan fingerprint density at radius 3 is 2.00 bits per heavy atom. The van der Waals surface area contributed by atoms with E-state index in [9.17, 15) is 18.0 Å². The number of allylic oxidation sites excluding steroid dienone is 1. The van der Waals surface area contributed by atoms with Crippen LogP contribution in [0.1, 0.15) is 41.5 Å². The second kappa shape index (κ2) is 7.02. The van der Waals surface area contributed by atoms with E-state index in [0.29, 0.717) is 6.20 Å². The van der Waals surface area contributed by atoms with Crippen molar-refractivity contribution in [2.75, 3.05) is 6.54 Å². The van der Waals surface area contributed by atoms with Crippen molar-refractivity contribution < 1.29 is 22.7 Å². The number of amides is 1. The molecule has 0 fully saturated rings. The third kappa shape index (κ3) is 8.53. The Kier molecular flexibility index (Phi) is 6.47. The summed E-state index contributed by atoms with van der Waals surface area (Å²) >= 11 is 0. The molecule has 8 heteroatoms. The second-order valence-corrected chi connectivity index (χ2v) is 6.93. The lowest BCUT2D eigenvalue weighted by molar-refractivity contribution is -0.0587. The van der Waals surface area contributed by atoms with Crippen LogP contribution in [0.2, 0.25) is 0 Å². The molecular weight excluding hydrogens is 299 g/mol. The Morgan fingerprint density at radius 2 is 1.68 bits per heavy atom. The van der Waals surface area contributed by atoms with Crippen molar-refractivity contribution in [2.24, 2.45) is 16.1 Å². The van der Waals surface area contributed by atoms with E-state index < -0.39 is 34.7 Å². The van der Waals surface area contributed by atoms with Gasteiger partial charge in [0.2, 0.25) is 0 Å². The van der Waals surface area contributed by atoms with Crippen LogP contribution in [0.4, 0.5) is 18.0 Å². The summed E-state index contributed by atoms with van der Waals surface area (Å²) in [5.74, 6) is 0. The summed E-state index contributed by atoms with van der Waals surface area (Å²) in [6.07, 6.45) is -5.12. The number of halogens is 3. The van der Waals surface area contributed by atoms with Crippen LogP contribution in [0.5, 0.6) is 0 Å². The molecule has 3 N–H and O–H groups in total. The van der Waals surface area contributed by atoms with E-state index in [1.165, 1.54) is 0 Å². The third-order valence-electron chi connectivity index (χ3n) is 2.04. The van der Waals surface area contributed by atoms with Gasteiger partial charge in [-0.1, -0.05) is 20.8 Å². The minimum absolute atomic E-state index is 0.0742. The molecule has 0 aromatic carbocycles. The van der Waals surface area contributed by atoms with Crippen molar-refractivity contribution in [3.05, 3.63) is 11.9 Å². The first kappa shape index (κ1) is 20.3. The van der Waals surface area contributed by atoms with Crippen LogP contribution in [-0.4, -0.2) is 30.1 Å². The molecule has 1 amide bonds. The minimum Gasteiger partial charge on any atom is -0.444 e. The van der Waals surface area contributed by atoms with Crippen LogP contribution in [-0.2, 0) is 4.74 Å². The summed E-state index contributed by atoms with van der Waals surface area (Å²) in [5, 5.41) is 1.99. The maximum absolute atomic E-state index is 13.1. The van der Waals surface area contributed by atoms with Gasteiger partial charge in [-0.25, -0.2) is 4.79 Å². The Morgan fingerprint density at radius 1 is 1.18 bits per heavy atom. The van der Waals surface area contributed by atoms with E-state index in [-0.39, 0.29) is 6.54 Å². The molecule has 0 aromatic rings. The van der Waals surface area contributed by atoms with E-state index in [0.717, 1.165) is 0 Å². The van der Waals surface area contributed by atoms with E-state index in [1.54, 1.807) is 41.5 Å². The molecule has 0 atom stereocenters. The molecule has 0 bridgehead atoms. The Hall–Kier alpha value is -1.73. The van der Waals surface area contributed by atoms with Crippen molar-refractivity contribution in [3.63, 3.8) is 0 Å². The molecule has 128 valence electrons. The SMILES string of the molecule is CC(C)(C)CN=C(/C(=C\N)NC(=O)OC(C)(C)C)C(F)(F)F. The van der Waals surface area contributed by atoms with E-state index in [2.05, 4.69) is 4.99 Å². The van der Waals surface area contributed by atoms with Crippen molar-refractivity contribution in [2.45, 2.75) is 53.3 Å². The number of carbonyl (C=O) groups is 1. The lowest BCUT2D eigenvalue weighted by Gasteiger charge is -2.22. The Bertz CT molecular complexity index is 455. The fourth-order valence-electron chi connectivity index (χ4n) is 1.24. The first-order valence-corrected chi connectivity index (χ1v) is 6.69. The molecule has 22 heavy (non-hydrogen) atoms. The third-order valence-corrected chi connectivity index (χ3v) is 2.04. The van der Waals surface area contributed by atoms with Crippen molar-refractivity contribution in [1.82, 2.24) is 5.32 Å². The summed E-state index contributed by atoms with van der Waals surface area (Å²) < 4.78 is 44.2. The predicted octanol–water partition coefficient (Wildman–Crippen LogP) is 3.36. The zero-order valence-corrected chi connectivity index (χ0v) is 13.8. The van der Waals surface area contributed by atoms with E-state index in [4.69, 9.17) is 10.5 Å². The second-order valence-electron chi connectivity index (χ2n) is 6.93. The van der Waals surface area contributed by atoms with Crippen LogP contribution in [0, 0.1) is 5.41 Å². The molecule has 0 radical (unpaired) electrons. The standard InChI is InChI=1S/C14H24F3N3O2/c1-12(2,3)8-19-10(14(15,16)17)9(7-18)20-11(21)22-13(4,5)6/h7H,8,18H2,1-6H3,(H,20,21)/b9-7+,19-10?. The van der Waals surface area contributed by atoms with Gasteiger partial charge in [-0.15, -0.1) is 0 Å². The summed E-state index contributed by atoms with van der Waals surface area (Å²) in [5.41, 5.74) is 2.05. The molecule has 0 spiro atoms. The fraction of sp³-hybridized carbons (Fsp3) is 0.714. The number of hydrogen-bond donors (Lipinski definition) is 2. The lowest BCUT2D eigenvalue weighted by Crippen LogP contribution is -2.39. The Balaban J connectivity index is 5.32. The molecule has 0 aliphatic heterocycles. The molecule has 0 heterocycles. The maximum atomic E-state index is 13.1. The average molecular weight is 323 g/mol. The smallest absolute Gasteiger partial charge is 0.435 e. The molecule has 0 saturated carbocycles. The number of alkyl carbamates (subject to hydrolysis) is 1. The van der Waals surface area contributed by atoms with Gasteiger partial charge in [0.25, 0.3) is 0 Å². The topological polar surface area (TPSA) is 76.7 Å². The number of nitrogens with one attached hydrogen (secondary N) is 1. The highest BCUT2D eigenvalue weighted by Gasteiger charge is 2.39. The first-order chi connectivity index (χ1) is 9.65. The number of ether oxygens (including phenoxy) is 1. The van der Waals surface area contributed by atoms with Gasteiger partial charge in [-0.2, -0.15) is 13.2 Å². The number of alkyl halides is 3. The van der Waals surface area contributed by atoms with E-state index >= 15 is 0 Å². The van der Waals surface area contributed by atoms with Crippen LogP contribution < -0.4 is 11.1 Å². The number of rotatable bonds is 3. The molecule has 0 aliphatic rings. The highest BCUT2D eigenvalue weighted by Crippen LogP contribution is 2.23. The largest absolute Gasteiger partial charge is 0.444 e. The molecule has 0 rings (SSSR count). The zero-order chi connectivity index (χ0) is 17.8. The van der Waals surface area contributed by atoms with Gasteiger partial charge < -0.3 is 10.5 Å². The molecular formula is C14H24F3N3O2. The zero-order valence-electron chi connectivity index (χ0n) is 13.8. The van der Waals surface area contributed by atoms with Gasteiger partial charge in [0.15, 0.2) is 5.71 Å².